The van der Waals surface area contributed by atoms with Gasteiger partial charge in [-0.25, -0.2) is 0 Å². The highest BCUT2D eigenvalue weighted by molar-refractivity contribution is 9.10. The van der Waals surface area contributed by atoms with E-state index in [0.29, 0.717) is 11.5 Å². The molecule has 1 atom stereocenters. The van der Waals surface area contributed by atoms with Crippen LogP contribution in [0.5, 0.6) is 0 Å². The first-order valence-corrected chi connectivity index (χ1v) is 6.27. The van der Waals surface area contributed by atoms with Crippen LogP contribution in [0.4, 0.5) is 0 Å². The van der Waals surface area contributed by atoms with E-state index in [-0.39, 0.29) is 5.78 Å². The largest absolute Gasteiger partial charge is 0.292 e. The van der Waals surface area contributed by atoms with E-state index < -0.39 is 4.29 Å². The Kier molecular flexibility index (Phi) is 4.81. The number of carbonyl (C=O) groups is 1. The molecular formula is C12H14BrClO. The van der Waals surface area contributed by atoms with Crippen LogP contribution in [-0.4, -0.2) is 10.1 Å². The molecule has 1 aromatic carbocycles. The second kappa shape index (κ2) is 5.66. The minimum Gasteiger partial charge on any atom is -0.292 e. The smallest absolute Gasteiger partial charge is 0.191 e. The normalized spacial score (nSPS) is 12.9. The highest BCUT2D eigenvalue weighted by atomic mass is 79.9. The maximum absolute atomic E-state index is 11.5. The number of rotatable bonds is 4. The standard InChI is InChI=1S/C12H14BrClO/c1-8(2)7-9-3-5-10(6-4-9)11(15)12(13)14/h3-6,8,12H,7H2,1-2H3. The fraction of sp³-hybridized carbons (Fsp3) is 0.417. The van der Waals surface area contributed by atoms with Gasteiger partial charge in [-0.2, -0.15) is 0 Å². The Labute approximate surface area is 104 Å². The first-order chi connectivity index (χ1) is 7.00. The third kappa shape index (κ3) is 3.96. The summed E-state index contributed by atoms with van der Waals surface area (Å²) in [5, 5.41) is 0. The number of benzene rings is 1. The molecule has 0 aliphatic rings. The predicted octanol–water partition coefficient (Wildman–Crippen LogP) is 4.03. The van der Waals surface area contributed by atoms with Gasteiger partial charge in [0.05, 0.1) is 0 Å². The van der Waals surface area contributed by atoms with E-state index in [1.54, 1.807) is 0 Å². The SMILES string of the molecule is CC(C)Cc1ccc(C(=O)C(Cl)Br)cc1. The Morgan fingerprint density at radius 2 is 1.87 bits per heavy atom. The lowest BCUT2D eigenvalue weighted by Crippen LogP contribution is -2.07. The molecule has 0 aliphatic heterocycles. The molecule has 0 N–H and O–H groups in total. The number of hydrogen-bond donors (Lipinski definition) is 0. The Hall–Kier alpha value is -0.340. The van der Waals surface area contributed by atoms with Crippen molar-refractivity contribution < 1.29 is 4.79 Å². The lowest BCUT2D eigenvalue weighted by atomic mass is 10.0. The van der Waals surface area contributed by atoms with Crippen molar-refractivity contribution in [1.82, 2.24) is 0 Å². The number of Topliss-reactive ketones (excluding diaryl/α,β-unsaturated/α-hetero) is 1. The number of alkyl halides is 2. The second-order valence-corrected chi connectivity index (χ2v) is 5.84. The molecule has 15 heavy (non-hydrogen) atoms. The lowest BCUT2D eigenvalue weighted by molar-refractivity contribution is 0.101. The van der Waals surface area contributed by atoms with Crippen LogP contribution >= 0.6 is 27.5 Å². The maximum atomic E-state index is 11.5. The summed E-state index contributed by atoms with van der Waals surface area (Å²) in [6.07, 6.45) is 1.03. The number of hydrogen-bond acceptors (Lipinski definition) is 1. The van der Waals surface area contributed by atoms with Gasteiger partial charge in [0.2, 0.25) is 0 Å². The van der Waals surface area contributed by atoms with Crippen molar-refractivity contribution in [2.24, 2.45) is 5.92 Å². The van der Waals surface area contributed by atoms with Gasteiger partial charge in [0.1, 0.15) is 0 Å². The summed E-state index contributed by atoms with van der Waals surface area (Å²) in [5.41, 5.74) is 1.90. The molecule has 0 fully saturated rings. The van der Waals surface area contributed by atoms with E-state index in [4.69, 9.17) is 11.6 Å². The van der Waals surface area contributed by atoms with Crippen molar-refractivity contribution in [2.75, 3.05) is 0 Å². The Morgan fingerprint density at radius 1 is 1.33 bits per heavy atom. The highest BCUT2D eigenvalue weighted by Gasteiger charge is 2.13. The predicted molar refractivity (Wildman–Crippen MR) is 67.9 cm³/mol. The number of carbonyl (C=O) groups excluding carboxylic acids is 1. The van der Waals surface area contributed by atoms with Gasteiger partial charge in [0.25, 0.3) is 0 Å². The Balaban J connectivity index is 2.76. The molecule has 3 heteroatoms. The molecule has 1 nitrogen and oxygen atoms in total. The zero-order valence-corrected chi connectivity index (χ0v) is 11.2. The van der Waals surface area contributed by atoms with Gasteiger partial charge in [0, 0.05) is 5.56 Å². The van der Waals surface area contributed by atoms with Gasteiger partial charge >= 0.3 is 0 Å². The summed E-state index contributed by atoms with van der Waals surface area (Å²) in [7, 11) is 0. The van der Waals surface area contributed by atoms with Crippen LogP contribution in [-0.2, 0) is 6.42 Å². The first-order valence-electron chi connectivity index (χ1n) is 4.92. The molecule has 0 aliphatic carbocycles. The quantitative estimate of drug-likeness (QED) is 0.604. The van der Waals surface area contributed by atoms with Crippen LogP contribution in [0, 0.1) is 5.92 Å². The molecular weight excluding hydrogens is 275 g/mol. The molecule has 0 radical (unpaired) electrons. The lowest BCUT2D eigenvalue weighted by Gasteiger charge is -2.06. The van der Waals surface area contributed by atoms with Gasteiger partial charge < -0.3 is 0 Å². The molecule has 82 valence electrons. The molecule has 0 aromatic heterocycles. The van der Waals surface area contributed by atoms with Crippen LogP contribution in [0.2, 0.25) is 0 Å². The monoisotopic (exact) mass is 288 g/mol. The van der Waals surface area contributed by atoms with E-state index in [1.807, 2.05) is 24.3 Å². The summed E-state index contributed by atoms with van der Waals surface area (Å²) in [4.78, 5) is 11.5. The summed E-state index contributed by atoms with van der Waals surface area (Å²) >= 11 is 8.71. The highest BCUT2D eigenvalue weighted by Crippen LogP contribution is 2.15. The van der Waals surface area contributed by atoms with Crippen molar-refractivity contribution in [3.8, 4) is 0 Å². The van der Waals surface area contributed by atoms with Crippen molar-refractivity contribution >= 4 is 33.3 Å². The Bertz CT molecular complexity index is 330. The van der Waals surface area contributed by atoms with Gasteiger partial charge in [0.15, 0.2) is 10.1 Å². The van der Waals surface area contributed by atoms with Gasteiger partial charge in [-0.1, -0.05) is 54.0 Å². The van der Waals surface area contributed by atoms with Crippen LogP contribution in [0.1, 0.15) is 29.8 Å². The van der Waals surface area contributed by atoms with Crippen LogP contribution in [0.25, 0.3) is 0 Å². The average Bonchev–Trinajstić information content (AvgIpc) is 2.17. The number of ketones is 1. The first kappa shape index (κ1) is 12.7. The minimum atomic E-state index is -0.631. The van der Waals surface area contributed by atoms with Gasteiger partial charge in [-0.15, -0.1) is 11.6 Å². The summed E-state index contributed by atoms with van der Waals surface area (Å²) in [5.74, 6) is 0.538. The molecule has 0 bridgehead atoms. The van der Waals surface area contributed by atoms with Crippen molar-refractivity contribution in [3.63, 3.8) is 0 Å². The maximum Gasteiger partial charge on any atom is 0.191 e. The second-order valence-electron chi connectivity index (χ2n) is 3.96. The molecule has 1 rings (SSSR count). The van der Waals surface area contributed by atoms with E-state index in [9.17, 15) is 4.79 Å². The molecule has 0 saturated carbocycles. The molecule has 0 saturated heterocycles. The van der Waals surface area contributed by atoms with Gasteiger partial charge in [-0.05, 0) is 17.9 Å². The molecule has 0 amide bonds. The molecule has 0 heterocycles. The fourth-order valence-corrected chi connectivity index (χ4v) is 1.79. The Morgan fingerprint density at radius 3 is 2.27 bits per heavy atom. The molecule has 1 unspecified atom stereocenters. The van der Waals surface area contributed by atoms with E-state index in [2.05, 4.69) is 29.8 Å². The third-order valence-corrected chi connectivity index (χ3v) is 2.69. The minimum absolute atomic E-state index is 0.0900. The summed E-state index contributed by atoms with van der Waals surface area (Å²) < 4.78 is -0.631. The van der Waals surface area contributed by atoms with Crippen LogP contribution < -0.4 is 0 Å². The molecule has 0 spiro atoms. The van der Waals surface area contributed by atoms with Crippen LogP contribution in [0.15, 0.2) is 24.3 Å². The van der Waals surface area contributed by atoms with Crippen molar-refractivity contribution in [1.29, 1.82) is 0 Å². The molecule has 1 aromatic rings. The third-order valence-electron chi connectivity index (χ3n) is 2.08. The summed E-state index contributed by atoms with van der Waals surface area (Å²) in [6, 6.07) is 7.63. The zero-order valence-electron chi connectivity index (χ0n) is 8.84. The van der Waals surface area contributed by atoms with Crippen molar-refractivity contribution in [2.45, 2.75) is 24.6 Å². The summed E-state index contributed by atoms with van der Waals surface area (Å²) in [6.45, 7) is 4.35. The average molecular weight is 290 g/mol. The van der Waals surface area contributed by atoms with Gasteiger partial charge in [-0.3, -0.25) is 4.79 Å². The van der Waals surface area contributed by atoms with Crippen molar-refractivity contribution in [3.05, 3.63) is 35.4 Å². The van der Waals surface area contributed by atoms with Crippen LogP contribution in [0.3, 0.4) is 0 Å². The number of halogens is 2. The topological polar surface area (TPSA) is 17.1 Å². The zero-order chi connectivity index (χ0) is 11.4. The van der Waals surface area contributed by atoms with E-state index in [1.165, 1.54) is 5.56 Å². The van der Waals surface area contributed by atoms with E-state index >= 15 is 0 Å². The van der Waals surface area contributed by atoms with E-state index in [0.717, 1.165) is 6.42 Å². The fourth-order valence-electron chi connectivity index (χ4n) is 1.40.